The summed E-state index contributed by atoms with van der Waals surface area (Å²) in [5.74, 6) is 1.30. The highest BCUT2D eigenvalue weighted by atomic mass is 32.2. The van der Waals surface area contributed by atoms with E-state index in [9.17, 15) is 4.79 Å². The van der Waals surface area contributed by atoms with Crippen LogP contribution in [-0.2, 0) is 4.79 Å². The molecule has 0 aromatic rings. The van der Waals surface area contributed by atoms with Crippen molar-refractivity contribution in [2.75, 3.05) is 12.3 Å². The number of nitrogens with one attached hydrogen (secondary N) is 1. The first-order valence-electron chi connectivity index (χ1n) is 3.20. The molecule has 1 heterocycles. The smallest absolute Gasteiger partial charge is 0.232 e. The van der Waals surface area contributed by atoms with Crippen molar-refractivity contribution < 1.29 is 4.79 Å². The minimum Gasteiger partial charge on any atom is -0.355 e. The first-order valence-corrected chi connectivity index (χ1v) is 4.25. The standard InChI is InChI=1S/C6H11NOS/c1-5-6(8)7-3-2-4-9-5/h5H,2-4H2,1H3,(H,7,8). The van der Waals surface area contributed by atoms with E-state index < -0.39 is 0 Å². The maximum absolute atomic E-state index is 10.9. The number of thioether (sulfide) groups is 1. The number of carbonyl (C=O) groups is 1. The minimum absolute atomic E-state index is 0.160. The monoisotopic (exact) mass is 145 g/mol. The van der Waals surface area contributed by atoms with Crippen LogP contribution < -0.4 is 5.32 Å². The molecular weight excluding hydrogens is 134 g/mol. The summed E-state index contributed by atoms with van der Waals surface area (Å²) in [7, 11) is 0. The van der Waals surface area contributed by atoms with Gasteiger partial charge in [-0.15, -0.1) is 11.8 Å². The average Bonchev–Trinajstić information content (AvgIpc) is 1.99. The Morgan fingerprint density at radius 3 is 3.33 bits per heavy atom. The lowest BCUT2D eigenvalue weighted by molar-refractivity contribution is -0.120. The molecule has 1 unspecified atom stereocenters. The fourth-order valence-electron chi connectivity index (χ4n) is 0.763. The molecule has 0 bridgehead atoms. The topological polar surface area (TPSA) is 29.1 Å². The summed E-state index contributed by atoms with van der Waals surface area (Å²) in [6, 6.07) is 0. The van der Waals surface area contributed by atoms with Gasteiger partial charge in [0.15, 0.2) is 0 Å². The SMILES string of the molecule is CC1SCCCNC1=O. The van der Waals surface area contributed by atoms with Crippen LogP contribution in [0.1, 0.15) is 13.3 Å². The summed E-state index contributed by atoms with van der Waals surface area (Å²) < 4.78 is 0. The van der Waals surface area contributed by atoms with Gasteiger partial charge >= 0.3 is 0 Å². The molecule has 0 aliphatic carbocycles. The van der Waals surface area contributed by atoms with Crippen LogP contribution in [0.4, 0.5) is 0 Å². The number of hydrogen-bond acceptors (Lipinski definition) is 2. The Kier molecular flexibility index (Phi) is 2.39. The summed E-state index contributed by atoms with van der Waals surface area (Å²) in [6.45, 7) is 2.81. The molecule has 0 aromatic carbocycles. The zero-order chi connectivity index (χ0) is 6.69. The Hall–Kier alpha value is -0.180. The summed E-state index contributed by atoms with van der Waals surface area (Å²) in [4.78, 5) is 10.9. The molecule has 3 heteroatoms. The predicted molar refractivity (Wildman–Crippen MR) is 39.5 cm³/mol. The molecular formula is C6H11NOS. The van der Waals surface area contributed by atoms with Gasteiger partial charge in [-0.05, 0) is 19.1 Å². The third-order valence-electron chi connectivity index (χ3n) is 1.36. The summed E-state index contributed by atoms with van der Waals surface area (Å²) in [5.41, 5.74) is 0. The van der Waals surface area contributed by atoms with Crippen LogP contribution >= 0.6 is 11.8 Å². The predicted octanol–water partition coefficient (Wildman–Crippen LogP) is 0.628. The molecule has 1 fully saturated rings. The second-order valence-electron chi connectivity index (χ2n) is 2.16. The molecule has 1 rings (SSSR count). The van der Waals surface area contributed by atoms with Crippen molar-refractivity contribution in [1.29, 1.82) is 0 Å². The van der Waals surface area contributed by atoms with Gasteiger partial charge in [-0.3, -0.25) is 4.79 Å². The Balaban J connectivity index is 2.41. The van der Waals surface area contributed by atoms with Gasteiger partial charge < -0.3 is 5.32 Å². The van der Waals surface area contributed by atoms with Crippen molar-refractivity contribution in [2.24, 2.45) is 0 Å². The van der Waals surface area contributed by atoms with E-state index in [0.29, 0.717) is 0 Å². The van der Waals surface area contributed by atoms with Crippen LogP contribution in [0.5, 0.6) is 0 Å². The summed E-state index contributed by atoms with van der Waals surface area (Å²) >= 11 is 1.73. The van der Waals surface area contributed by atoms with E-state index in [-0.39, 0.29) is 11.2 Å². The van der Waals surface area contributed by atoms with Crippen LogP contribution in [0.3, 0.4) is 0 Å². The van der Waals surface area contributed by atoms with Crippen LogP contribution in [-0.4, -0.2) is 23.5 Å². The van der Waals surface area contributed by atoms with Gasteiger partial charge in [-0.1, -0.05) is 0 Å². The molecule has 1 atom stereocenters. The van der Waals surface area contributed by atoms with Gasteiger partial charge in [0.2, 0.25) is 5.91 Å². The highest BCUT2D eigenvalue weighted by molar-refractivity contribution is 8.00. The number of hydrogen-bond donors (Lipinski definition) is 1. The van der Waals surface area contributed by atoms with Gasteiger partial charge in [0.05, 0.1) is 5.25 Å². The van der Waals surface area contributed by atoms with Crippen LogP contribution in [0.25, 0.3) is 0 Å². The van der Waals surface area contributed by atoms with E-state index in [2.05, 4.69) is 5.32 Å². The van der Waals surface area contributed by atoms with Crippen molar-refractivity contribution in [1.82, 2.24) is 5.32 Å². The van der Waals surface area contributed by atoms with Crippen molar-refractivity contribution in [3.63, 3.8) is 0 Å². The Bertz CT molecular complexity index is 116. The summed E-state index contributed by atoms with van der Waals surface area (Å²) in [5, 5.41) is 2.99. The highest BCUT2D eigenvalue weighted by Crippen LogP contribution is 2.13. The molecule has 52 valence electrons. The normalized spacial score (nSPS) is 29.0. The molecule has 1 aliphatic heterocycles. The van der Waals surface area contributed by atoms with Crippen LogP contribution in [0, 0.1) is 0 Å². The fraction of sp³-hybridized carbons (Fsp3) is 0.833. The molecule has 0 aromatic heterocycles. The van der Waals surface area contributed by atoms with Crippen LogP contribution in [0.2, 0.25) is 0 Å². The van der Waals surface area contributed by atoms with Gasteiger partial charge in [0.25, 0.3) is 0 Å². The lowest BCUT2D eigenvalue weighted by Crippen LogP contribution is -2.29. The van der Waals surface area contributed by atoms with Crippen LogP contribution in [0.15, 0.2) is 0 Å². The van der Waals surface area contributed by atoms with E-state index in [1.54, 1.807) is 11.8 Å². The molecule has 2 nitrogen and oxygen atoms in total. The van der Waals surface area contributed by atoms with E-state index in [4.69, 9.17) is 0 Å². The summed E-state index contributed by atoms with van der Waals surface area (Å²) in [6.07, 6.45) is 1.11. The molecule has 0 saturated carbocycles. The highest BCUT2D eigenvalue weighted by Gasteiger charge is 2.14. The molecule has 9 heavy (non-hydrogen) atoms. The van der Waals surface area contributed by atoms with Gasteiger partial charge in [-0.25, -0.2) is 0 Å². The lowest BCUT2D eigenvalue weighted by Gasteiger charge is -2.03. The average molecular weight is 145 g/mol. The first-order chi connectivity index (χ1) is 4.30. The van der Waals surface area contributed by atoms with E-state index in [1.165, 1.54) is 0 Å². The lowest BCUT2D eigenvalue weighted by atomic mass is 10.4. The number of rotatable bonds is 0. The van der Waals surface area contributed by atoms with Crippen molar-refractivity contribution in [3.8, 4) is 0 Å². The number of carbonyl (C=O) groups excluding carboxylic acids is 1. The largest absolute Gasteiger partial charge is 0.355 e. The third kappa shape index (κ3) is 1.90. The molecule has 0 spiro atoms. The van der Waals surface area contributed by atoms with Gasteiger partial charge in [0.1, 0.15) is 0 Å². The molecule has 1 saturated heterocycles. The molecule has 1 N–H and O–H groups in total. The number of amides is 1. The minimum atomic E-state index is 0.160. The van der Waals surface area contributed by atoms with Gasteiger partial charge in [0, 0.05) is 6.54 Å². The van der Waals surface area contributed by atoms with Crippen molar-refractivity contribution in [3.05, 3.63) is 0 Å². The second kappa shape index (κ2) is 3.11. The first kappa shape index (κ1) is 6.93. The molecule has 1 amide bonds. The van der Waals surface area contributed by atoms with Crippen molar-refractivity contribution >= 4 is 17.7 Å². The van der Waals surface area contributed by atoms with E-state index >= 15 is 0 Å². The molecule has 1 aliphatic rings. The Morgan fingerprint density at radius 1 is 1.78 bits per heavy atom. The van der Waals surface area contributed by atoms with E-state index in [1.807, 2.05) is 6.92 Å². The second-order valence-corrected chi connectivity index (χ2v) is 3.61. The fourth-order valence-corrected chi connectivity index (χ4v) is 1.66. The molecule has 0 radical (unpaired) electrons. The Morgan fingerprint density at radius 2 is 2.56 bits per heavy atom. The third-order valence-corrected chi connectivity index (χ3v) is 2.60. The quantitative estimate of drug-likeness (QED) is 0.541. The van der Waals surface area contributed by atoms with Crippen molar-refractivity contribution in [2.45, 2.75) is 18.6 Å². The van der Waals surface area contributed by atoms with E-state index in [0.717, 1.165) is 18.7 Å². The van der Waals surface area contributed by atoms with Gasteiger partial charge in [-0.2, -0.15) is 0 Å². The maximum Gasteiger partial charge on any atom is 0.232 e. The Labute approximate surface area is 59.4 Å². The zero-order valence-corrected chi connectivity index (χ0v) is 6.33. The maximum atomic E-state index is 10.9. The zero-order valence-electron chi connectivity index (χ0n) is 5.52.